The summed E-state index contributed by atoms with van der Waals surface area (Å²) < 4.78 is 33.9. The van der Waals surface area contributed by atoms with E-state index in [2.05, 4.69) is 19.9 Å². The molecule has 1 aromatic carbocycles. The van der Waals surface area contributed by atoms with Gasteiger partial charge in [-0.05, 0) is 80.1 Å². The van der Waals surface area contributed by atoms with E-state index in [0.717, 1.165) is 52.3 Å². The predicted octanol–water partition coefficient (Wildman–Crippen LogP) is 2.45. The number of hydrogen-bond acceptors (Lipinski definition) is 6. The number of sulfonamides is 1. The van der Waals surface area contributed by atoms with Crippen LogP contribution in [0.15, 0.2) is 23.2 Å². The van der Waals surface area contributed by atoms with Gasteiger partial charge in [0, 0.05) is 38.8 Å². The number of nitrogens with one attached hydrogen (secondary N) is 2. The lowest BCUT2D eigenvalue weighted by Crippen LogP contribution is -2.36. The number of carbonyl (C=O) groups is 1. The molecule has 8 nitrogen and oxygen atoms in total. The largest absolute Gasteiger partial charge is 0.378 e. The average molecular weight is 475 g/mol. The van der Waals surface area contributed by atoms with Gasteiger partial charge in [0.25, 0.3) is 0 Å². The van der Waals surface area contributed by atoms with Crippen LogP contribution in [0.3, 0.4) is 0 Å². The van der Waals surface area contributed by atoms with Crippen LogP contribution >= 0.6 is 0 Å². The summed E-state index contributed by atoms with van der Waals surface area (Å²) in [6, 6.07) is 3.82. The molecule has 2 aromatic rings. The van der Waals surface area contributed by atoms with E-state index >= 15 is 0 Å². The Kier molecular flexibility index (Phi) is 8.10. The molecule has 0 radical (unpaired) electrons. The molecule has 0 bridgehead atoms. The topological polar surface area (TPSA) is 101 Å². The van der Waals surface area contributed by atoms with Crippen molar-refractivity contribution in [1.29, 1.82) is 0 Å². The Morgan fingerprint density at radius 1 is 1.03 bits per heavy atom. The smallest absolute Gasteiger partial charge is 0.241 e. The van der Waals surface area contributed by atoms with Crippen LogP contribution in [0.4, 0.5) is 5.82 Å². The van der Waals surface area contributed by atoms with E-state index in [1.54, 1.807) is 6.20 Å². The molecule has 9 heteroatoms. The predicted molar refractivity (Wildman–Crippen MR) is 129 cm³/mol. The number of hydrogen-bond donors (Lipinski definition) is 2. The maximum Gasteiger partial charge on any atom is 0.241 e. The molecule has 1 aliphatic heterocycles. The van der Waals surface area contributed by atoms with Crippen LogP contribution < -0.4 is 14.9 Å². The molecule has 1 aliphatic rings. The van der Waals surface area contributed by atoms with Crippen LogP contribution in [0.25, 0.3) is 0 Å². The number of benzene rings is 1. The van der Waals surface area contributed by atoms with Crippen LogP contribution in [0.2, 0.25) is 0 Å². The van der Waals surface area contributed by atoms with Crippen molar-refractivity contribution in [2.75, 3.05) is 37.7 Å². The maximum absolute atomic E-state index is 13.0. The molecular formula is C24H34N4O4S. The second-order valence-electron chi connectivity index (χ2n) is 8.50. The monoisotopic (exact) mass is 474 g/mol. The maximum atomic E-state index is 13.0. The van der Waals surface area contributed by atoms with Gasteiger partial charge in [-0.2, -0.15) is 0 Å². The standard InChI is InChI=1S/C24H34N4O4S/c1-16-17(2)19(4)24(20(5)18(16)3)33(30,31)27-9-7-23(29)26-15-21-6-8-25-22(14-21)28-10-12-32-13-11-28/h6,8,14,27H,7,9-13,15H2,1-5H3,(H,26,29). The zero-order chi connectivity index (χ0) is 24.2. The summed E-state index contributed by atoms with van der Waals surface area (Å²) in [5.41, 5.74) is 5.51. The Balaban J connectivity index is 1.55. The quantitative estimate of drug-likeness (QED) is 0.610. The Bertz CT molecular complexity index is 1100. The van der Waals surface area contributed by atoms with Crippen LogP contribution in [-0.2, 0) is 26.1 Å². The van der Waals surface area contributed by atoms with Gasteiger partial charge >= 0.3 is 0 Å². The molecule has 1 aromatic heterocycles. The van der Waals surface area contributed by atoms with Gasteiger partial charge < -0.3 is 15.0 Å². The van der Waals surface area contributed by atoms with Crippen molar-refractivity contribution in [2.45, 2.75) is 52.5 Å². The van der Waals surface area contributed by atoms with Gasteiger partial charge in [-0.3, -0.25) is 4.79 Å². The number of aromatic nitrogens is 1. The van der Waals surface area contributed by atoms with Gasteiger partial charge in [-0.25, -0.2) is 18.1 Å². The second kappa shape index (κ2) is 10.6. The summed E-state index contributed by atoms with van der Waals surface area (Å²) >= 11 is 0. The molecule has 0 saturated carbocycles. The van der Waals surface area contributed by atoms with Crippen molar-refractivity contribution in [1.82, 2.24) is 15.0 Å². The molecule has 33 heavy (non-hydrogen) atoms. The average Bonchev–Trinajstić information content (AvgIpc) is 2.80. The van der Waals surface area contributed by atoms with Crippen LogP contribution in [-0.4, -0.2) is 52.2 Å². The van der Waals surface area contributed by atoms with E-state index in [4.69, 9.17) is 4.74 Å². The van der Waals surface area contributed by atoms with Crippen LogP contribution in [0.5, 0.6) is 0 Å². The molecule has 2 N–H and O–H groups in total. The molecule has 1 saturated heterocycles. The highest BCUT2D eigenvalue weighted by Crippen LogP contribution is 2.29. The summed E-state index contributed by atoms with van der Waals surface area (Å²) in [4.78, 5) is 19.2. The number of nitrogens with zero attached hydrogens (tertiary/aromatic N) is 2. The molecule has 0 unspecified atom stereocenters. The third-order valence-electron chi connectivity index (χ3n) is 6.48. The third kappa shape index (κ3) is 5.90. The summed E-state index contributed by atoms with van der Waals surface area (Å²) in [5.74, 6) is 0.652. The molecule has 1 fully saturated rings. The number of carbonyl (C=O) groups excluding carboxylic acids is 1. The molecule has 0 aliphatic carbocycles. The van der Waals surface area contributed by atoms with Gasteiger partial charge in [0.2, 0.25) is 15.9 Å². The third-order valence-corrected chi connectivity index (χ3v) is 8.21. The first-order chi connectivity index (χ1) is 15.6. The zero-order valence-corrected chi connectivity index (χ0v) is 20.9. The van der Waals surface area contributed by atoms with Gasteiger partial charge in [0.1, 0.15) is 5.82 Å². The van der Waals surface area contributed by atoms with Crippen molar-refractivity contribution in [2.24, 2.45) is 0 Å². The summed E-state index contributed by atoms with van der Waals surface area (Å²) in [6.45, 7) is 12.9. The molecule has 180 valence electrons. The molecular weight excluding hydrogens is 440 g/mol. The summed E-state index contributed by atoms with van der Waals surface area (Å²) in [7, 11) is -3.72. The molecule has 0 atom stereocenters. The fourth-order valence-electron chi connectivity index (χ4n) is 4.06. The van der Waals surface area contributed by atoms with E-state index in [0.29, 0.717) is 24.7 Å². The highest BCUT2D eigenvalue weighted by Gasteiger charge is 2.23. The first kappa shape index (κ1) is 25.1. The minimum Gasteiger partial charge on any atom is -0.378 e. The highest BCUT2D eigenvalue weighted by molar-refractivity contribution is 7.89. The first-order valence-electron chi connectivity index (χ1n) is 11.2. The van der Waals surface area contributed by atoms with Crippen LogP contribution in [0, 0.1) is 34.6 Å². The van der Waals surface area contributed by atoms with Crippen molar-refractivity contribution in [3.63, 3.8) is 0 Å². The Morgan fingerprint density at radius 2 is 1.64 bits per heavy atom. The van der Waals surface area contributed by atoms with Gasteiger partial charge in [-0.15, -0.1) is 0 Å². The van der Waals surface area contributed by atoms with E-state index in [9.17, 15) is 13.2 Å². The highest BCUT2D eigenvalue weighted by atomic mass is 32.2. The summed E-state index contributed by atoms with van der Waals surface area (Å²) in [6.07, 6.45) is 1.79. The lowest BCUT2D eigenvalue weighted by molar-refractivity contribution is -0.121. The Hall–Kier alpha value is -2.49. The normalized spacial score (nSPS) is 14.4. The number of pyridine rings is 1. The molecule has 0 spiro atoms. The van der Waals surface area contributed by atoms with E-state index in [1.165, 1.54) is 0 Å². The van der Waals surface area contributed by atoms with Crippen molar-refractivity contribution < 1.29 is 17.9 Å². The Morgan fingerprint density at radius 3 is 2.27 bits per heavy atom. The fraction of sp³-hybridized carbons (Fsp3) is 0.500. The van der Waals surface area contributed by atoms with Gasteiger partial charge in [-0.1, -0.05) is 0 Å². The number of rotatable bonds is 8. The van der Waals surface area contributed by atoms with E-state index in [1.807, 2.05) is 46.8 Å². The lowest BCUT2D eigenvalue weighted by Gasteiger charge is -2.28. The second-order valence-corrected chi connectivity index (χ2v) is 10.2. The van der Waals surface area contributed by atoms with E-state index in [-0.39, 0.29) is 18.9 Å². The minimum atomic E-state index is -3.72. The van der Waals surface area contributed by atoms with Crippen molar-refractivity contribution in [3.8, 4) is 0 Å². The zero-order valence-electron chi connectivity index (χ0n) is 20.1. The van der Waals surface area contributed by atoms with Crippen LogP contribution in [0.1, 0.15) is 39.8 Å². The van der Waals surface area contributed by atoms with Crippen molar-refractivity contribution >= 4 is 21.7 Å². The molecule has 3 rings (SSSR count). The number of ether oxygens (including phenoxy) is 1. The SMILES string of the molecule is Cc1c(C)c(C)c(S(=O)(=O)NCCC(=O)NCc2ccnc(N3CCOCC3)c2)c(C)c1C. The number of amides is 1. The number of anilines is 1. The van der Waals surface area contributed by atoms with Crippen molar-refractivity contribution in [3.05, 3.63) is 51.7 Å². The summed E-state index contributed by atoms with van der Waals surface area (Å²) in [5, 5.41) is 2.86. The fourth-order valence-corrected chi connectivity index (χ4v) is 5.69. The molecule has 1 amide bonds. The van der Waals surface area contributed by atoms with Gasteiger partial charge in [0.15, 0.2) is 0 Å². The lowest BCUT2D eigenvalue weighted by atomic mass is 9.95. The van der Waals surface area contributed by atoms with Gasteiger partial charge in [0.05, 0.1) is 18.1 Å². The van der Waals surface area contributed by atoms with E-state index < -0.39 is 10.0 Å². The number of morpholine rings is 1. The molecule has 2 heterocycles. The Labute approximate surface area is 196 Å². The minimum absolute atomic E-state index is 0.0361. The first-order valence-corrected chi connectivity index (χ1v) is 12.7.